The molecule has 1 aromatic heterocycles. The molecule has 0 fully saturated rings. The first-order chi connectivity index (χ1) is 9.40. The molecule has 0 bridgehead atoms. The molecule has 0 saturated heterocycles. The maximum Gasteiger partial charge on any atom is 0.205 e. The fraction of sp³-hybridized carbons (Fsp3) is 0.0714. The number of nitrogens with one attached hydrogen (secondary N) is 1. The number of alkyl halides is 1. The zero-order valence-corrected chi connectivity index (χ0v) is 11.6. The first kappa shape index (κ1) is 12.0. The molecule has 0 aliphatic rings. The Bertz CT molecular complexity index is 679. The summed E-state index contributed by atoms with van der Waals surface area (Å²) in [5.41, 5.74) is 4.50. The molecular weight excluding hydrogens is 304 g/mol. The number of aromatic nitrogens is 4. The topological polar surface area (TPSA) is 54.5 Å². The van der Waals surface area contributed by atoms with Gasteiger partial charge in [0.2, 0.25) is 5.82 Å². The van der Waals surface area contributed by atoms with Crippen LogP contribution in [-0.2, 0) is 5.33 Å². The molecule has 5 heteroatoms. The summed E-state index contributed by atoms with van der Waals surface area (Å²) < 4.78 is 0. The normalized spacial score (nSPS) is 10.6. The number of halogens is 1. The van der Waals surface area contributed by atoms with Crippen LogP contribution in [-0.4, -0.2) is 20.6 Å². The van der Waals surface area contributed by atoms with Crippen molar-refractivity contribution in [3.63, 3.8) is 0 Å². The maximum atomic E-state index is 4.07. The molecule has 19 heavy (non-hydrogen) atoms. The van der Waals surface area contributed by atoms with E-state index in [9.17, 15) is 0 Å². The number of tetrazole rings is 1. The second-order valence-corrected chi connectivity index (χ2v) is 4.63. The summed E-state index contributed by atoms with van der Waals surface area (Å²) in [5.74, 6) is 0.611. The Hall–Kier alpha value is -2.01. The smallest absolute Gasteiger partial charge is 0.177 e. The van der Waals surface area contributed by atoms with E-state index in [4.69, 9.17) is 0 Å². The molecule has 0 aliphatic heterocycles. The van der Waals surface area contributed by atoms with Crippen LogP contribution >= 0.6 is 15.9 Å². The number of nitrogens with zero attached hydrogens (tertiary/aromatic N) is 3. The van der Waals surface area contributed by atoms with Gasteiger partial charge >= 0.3 is 0 Å². The molecule has 3 aromatic rings. The molecule has 0 saturated carbocycles. The summed E-state index contributed by atoms with van der Waals surface area (Å²) in [4.78, 5) is 0. The maximum absolute atomic E-state index is 4.07. The molecule has 0 aliphatic carbocycles. The number of hydrogen-bond donors (Lipinski definition) is 1. The van der Waals surface area contributed by atoms with E-state index in [1.54, 1.807) is 0 Å². The molecule has 1 heterocycles. The van der Waals surface area contributed by atoms with E-state index in [2.05, 4.69) is 54.8 Å². The number of aromatic amines is 1. The molecular formula is C14H11BrN4. The second kappa shape index (κ2) is 5.32. The highest BCUT2D eigenvalue weighted by Gasteiger charge is 2.12. The molecule has 1 N–H and O–H groups in total. The van der Waals surface area contributed by atoms with Gasteiger partial charge in [-0.2, -0.15) is 5.21 Å². The van der Waals surface area contributed by atoms with Gasteiger partial charge in [-0.25, -0.2) is 0 Å². The van der Waals surface area contributed by atoms with Crippen LogP contribution in [0.2, 0.25) is 0 Å². The van der Waals surface area contributed by atoms with Crippen LogP contribution in [0.5, 0.6) is 0 Å². The van der Waals surface area contributed by atoms with Crippen molar-refractivity contribution in [2.45, 2.75) is 5.33 Å². The van der Waals surface area contributed by atoms with E-state index in [-0.39, 0.29) is 0 Å². The van der Waals surface area contributed by atoms with Crippen molar-refractivity contribution in [2.24, 2.45) is 0 Å². The monoisotopic (exact) mass is 314 g/mol. The third-order valence-corrected chi connectivity index (χ3v) is 3.57. The number of H-pyrrole nitrogens is 1. The zero-order chi connectivity index (χ0) is 13.1. The van der Waals surface area contributed by atoms with Crippen LogP contribution in [0.25, 0.3) is 22.5 Å². The first-order valence-corrected chi connectivity index (χ1v) is 6.99. The predicted octanol–water partition coefficient (Wildman–Crippen LogP) is 3.43. The highest BCUT2D eigenvalue weighted by Crippen LogP contribution is 2.32. The molecule has 0 radical (unpaired) electrons. The summed E-state index contributed by atoms with van der Waals surface area (Å²) >= 11 is 3.53. The van der Waals surface area contributed by atoms with Crippen LogP contribution in [0, 0.1) is 0 Å². The number of rotatable bonds is 3. The van der Waals surface area contributed by atoms with Gasteiger partial charge in [0.05, 0.1) is 0 Å². The Morgan fingerprint density at radius 2 is 1.58 bits per heavy atom. The third-order valence-electron chi connectivity index (χ3n) is 2.96. The van der Waals surface area contributed by atoms with E-state index in [1.165, 1.54) is 11.1 Å². The predicted molar refractivity (Wildman–Crippen MR) is 77.7 cm³/mol. The average molecular weight is 315 g/mol. The van der Waals surface area contributed by atoms with E-state index in [1.807, 2.05) is 30.3 Å². The van der Waals surface area contributed by atoms with Crippen molar-refractivity contribution >= 4 is 15.9 Å². The lowest BCUT2D eigenvalue weighted by Gasteiger charge is -2.10. The zero-order valence-electron chi connectivity index (χ0n) is 10.0. The third kappa shape index (κ3) is 2.29. The van der Waals surface area contributed by atoms with Gasteiger partial charge in [-0.1, -0.05) is 64.5 Å². The largest absolute Gasteiger partial charge is 0.205 e. The van der Waals surface area contributed by atoms with Crippen LogP contribution in [0.4, 0.5) is 0 Å². The Kier molecular flexibility index (Phi) is 3.37. The minimum Gasteiger partial charge on any atom is -0.177 e. The Morgan fingerprint density at radius 3 is 2.26 bits per heavy atom. The highest BCUT2D eigenvalue weighted by atomic mass is 79.9. The minimum atomic E-state index is 0.611. The number of benzene rings is 2. The fourth-order valence-electron chi connectivity index (χ4n) is 2.09. The summed E-state index contributed by atoms with van der Waals surface area (Å²) in [6.07, 6.45) is 0. The molecule has 3 rings (SSSR count). The Morgan fingerprint density at radius 1 is 0.895 bits per heavy atom. The van der Waals surface area contributed by atoms with Crippen LogP contribution < -0.4 is 0 Å². The summed E-state index contributed by atoms with van der Waals surface area (Å²) in [7, 11) is 0. The fourth-order valence-corrected chi connectivity index (χ4v) is 2.58. The quantitative estimate of drug-likeness (QED) is 0.753. The van der Waals surface area contributed by atoms with E-state index < -0.39 is 0 Å². The standard InChI is InChI=1S/C14H11BrN4/c15-9-10-5-1-2-6-11(10)12-7-3-4-8-13(12)14-16-18-19-17-14/h1-8H,9H2,(H,16,17,18,19). The van der Waals surface area contributed by atoms with Gasteiger partial charge in [0.1, 0.15) is 0 Å². The van der Waals surface area contributed by atoms with Gasteiger partial charge in [0.25, 0.3) is 0 Å². The van der Waals surface area contributed by atoms with Crippen molar-refractivity contribution in [2.75, 3.05) is 0 Å². The van der Waals surface area contributed by atoms with E-state index in [0.29, 0.717) is 5.82 Å². The van der Waals surface area contributed by atoms with Gasteiger partial charge in [-0.15, -0.1) is 10.2 Å². The van der Waals surface area contributed by atoms with Crippen LogP contribution in [0.3, 0.4) is 0 Å². The lowest BCUT2D eigenvalue weighted by Crippen LogP contribution is -1.90. The van der Waals surface area contributed by atoms with E-state index >= 15 is 0 Å². The van der Waals surface area contributed by atoms with Crippen molar-refractivity contribution in [1.29, 1.82) is 0 Å². The van der Waals surface area contributed by atoms with Crippen LogP contribution in [0.15, 0.2) is 48.5 Å². The van der Waals surface area contributed by atoms with Gasteiger partial charge in [0, 0.05) is 10.9 Å². The van der Waals surface area contributed by atoms with Gasteiger partial charge in [0.15, 0.2) is 0 Å². The molecule has 2 aromatic carbocycles. The second-order valence-electron chi connectivity index (χ2n) is 4.07. The number of hydrogen-bond acceptors (Lipinski definition) is 3. The molecule has 4 nitrogen and oxygen atoms in total. The SMILES string of the molecule is BrCc1ccccc1-c1ccccc1-c1nn[nH]n1. The Balaban J connectivity index is 2.21. The van der Waals surface area contributed by atoms with Gasteiger partial charge in [-0.3, -0.25) is 0 Å². The molecule has 0 amide bonds. The lowest BCUT2D eigenvalue weighted by molar-refractivity contribution is 0.881. The highest BCUT2D eigenvalue weighted by molar-refractivity contribution is 9.08. The first-order valence-electron chi connectivity index (χ1n) is 5.87. The molecule has 0 unspecified atom stereocenters. The summed E-state index contributed by atoms with van der Waals surface area (Å²) in [5, 5.41) is 15.1. The minimum absolute atomic E-state index is 0.611. The van der Waals surface area contributed by atoms with Crippen molar-refractivity contribution in [1.82, 2.24) is 20.6 Å². The van der Waals surface area contributed by atoms with Gasteiger partial charge in [-0.05, 0) is 21.9 Å². The molecule has 0 spiro atoms. The van der Waals surface area contributed by atoms with E-state index in [0.717, 1.165) is 16.5 Å². The van der Waals surface area contributed by atoms with Crippen LogP contribution in [0.1, 0.15) is 5.56 Å². The van der Waals surface area contributed by atoms with Crippen molar-refractivity contribution < 1.29 is 0 Å². The van der Waals surface area contributed by atoms with Gasteiger partial charge < -0.3 is 0 Å². The van der Waals surface area contributed by atoms with Crippen molar-refractivity contribution in [3.05, 3.63) is 54.1 Å². The Labute approximate surface area is 119 Å². The molecule has 0 atom stereocenters. The lowest BCUT2D eigenvalue weighted by atomic mass is 9.96. The summed E-state index contributed by atoms with van der Waals surface area (Å²) in [6, 6.07) is 16.4. The average Bonchev–Trinajstić information content (AvgIpc) is 3.01. The summed E-state index contributed by atoms with van der Waals surface area (Å²) in [6.45, 7) is 0. The molecule has 94 valence electrons. The van der Waals surface area contributed by atoms with Crippen molar-refractivity contribution in [3.8, 4) is 22.5 Å².